The molecule has 3 rings (SSSR count). The molecule has 1 heterocycles. The number of carbonyl (C=O) groups is 1. The van der Waals surface area contributed by atoms with Crippen LogP contribution in [0.5, 0.6) is 11.5 Å². The minimum atomic E-state index is -0.189. The van der Waals surface area contributed by atoms with Gasteiger partial charge in [-0.3, -0.25) is 4.79 Å². The standard InChI is InChI=1S/C23H25ClN2O3S/c1-5-10-29-21-17(24)11-16(12-18(21)28-6-2)13-19-22(27)26-23(30-19)25-20-14(3)8-7-9-15(20)4/h7-9,11-13H,5-6,10H2,1-4H3,(H,25,26,27)/b19-13-. The van der Waals surface area contributed by atoms with E-state index >= 15 is 0 Å². The van der Waals surface area contributed by atoms with Gasteiger partial charge in [0.25, 0.3) is 5.91 Å². The lowest BCUT2D eigenvalue weighted by Crippen LogP contribution is -2.19. The smallest absolute Gasteiger partial charge is 0.264 e. The number of nitrogens with one attached hydrogen (secondary N) is 1. The molecule has 7 heteroatoms. The van der Waals surface area contributed by atoms with E-state index in [0.29, 0.717) is 39.8 Å². The third kappa shape index (κ3) is 5.18. The van der Waals surface area contributed by atoms with E-state index in [9.17, 15) is 4.79 Å². The number of thioether (sulfide) groups is 1. The minimum absolute atomic E-state index is 0.189. The molecule has 2 aromatic rings. The molecule has 1 aliphatic heterocycles. The summed E-state index contributed by atoms with van der Waals surface area (Å²) in [6, 6.07) is 9.61. The fourth-order valence-corrected chi connectivity index (χ4v) is 4.10. The Morgan fingerprint density at radius 2 is 1.90 bits per heavy atom. The Bertz CT molecular complexity index is 997. The maximum absolute atomic E-state index is 12.5. The van der Waals surface area contributed by atoms with Crippen LogP contribution in [0.25, 0.3) is 6.08 Å². The normalized spacial score (nSPS) is 16.2. The van der Waals surface area contributed by atoms with Crippen LogP contribution < -0.4 is 14.8 Å². The first-order chi connectivity index (χ1) is 14.4. The van der Waals surface area contributed by atoms with E-state index in [4.69, 9.17) is 21.1 Å². The number of ether oxygens (including phenoxy) is 2. The quantitative estimate of drug-likeness (QED) is 0.529. The molecule has 0 radical (unpaired) electrons. The van der Waals surface area contributed by atoms with Crippen LogP contribution in [0.15, 0.2) is 40.2 Å². The summed E-state index contributed by atoms with van der Waals surface area (Å²) in [4.78, 5) is 17.7. The van der Waals surface area contributed by atoms with Crippen molar-refractivity contribution < 1.29 is 14.3 Å². The molecule has 1 fully saturated rings. The number of aryl methyl sites for hydroxylation is 2. The summed E-state index contributed by atoms with van der Waals surface area (Å²) in [6.45, 7) is 8.98. The highest BCUT2D eigenvalue weighted by atomic mass is 35.5. The average Bonchev–Trinajstić information content (AvgIpc) is 3.03. The predicted molar refractivity (Wildman–Crippen MR) is 125 cm³/mol. The Balaban J connectivity index is 1.90. The molecule has 158 valence electrons. The number of hydrogen-bond acceptors (Lipinski definition) is 5. The number of amides is 1. The van der Waals surface area contributed by atoms with Crippen LogP contribution in [-0.4, -0.2) is 24.3 Å². The molecule has 1 N–H and O–H groups in total. The van der Waals surface area contributed by atoms with E-state index < -0.39 is 0 Å². The van der Waals surface area contributed by atoms with E-state index in [1.807, 2.05) is 52.0 Å². The Morgan fingerprint density at radius 3 is 2.57 bits per heavy atom. The highest BCUT2D eigenvalue weighted by Gasteiger charge is 2.24. The van der Waals surface area contributed by atoms with Gasteiger partial charge in [0.1, 0.15) is 0 Å². The van der Waals surface area contributed by atoms with E-state index in [1.165, 1.54) is 11.8 Å². The summed E-state index contributed by atoms with van der Waals surface area (Å²) in [6.07, 6.45) is 2.65. The van der Waals surface area contributed by atoms with E-state index in [0.717, 1.165) is 28.8 Å². The minimum Gasteiger partial charge on any atom is -0.490 e. The molecule has 0 aromatic heterocycles. The molecular formula is C23H25ClN2O3S. The zero-order chi connectivity index (χ0) is 21.7. The molecule has 5 nitrogen and oxygen atoms in total. The molecule has 0 atom stereocenters. The lowest BCUT2D eigenvalue weighted by atomic mass is 10.1. The third-order valence-electron chi connectivity index (χ3n) is 4.38. The number of aliphatic imine (C=N–C) groups is 1. The highest BCUT2D eigenvalue weighted by molar-refractivity contribution is 8.18. The van der Waals surface area contributed by atoms with Crippen molar-refractivity contribution in [2.45, 2.75) is 34.1 Å². The van der Waals surface area contributed by atoms with E-state index in [-0.39, 0.29) is 5.91 Å². The van der Waals surface area contributed by atoms with Crippen molar-refractivity contribution in [1.29, 1.82) is 0 Å². The lowest BCUT2D eigenvalue weighted by molar-refractivity contribution is -0.115. The van der Waals surface area contributed by atoms with Gasteiger partial charge in [0.2, 0.25) is 0 Å². The topological polar surface area (TPSA) is 59.9 Å². The lowest BCUT2D eigenvalue weighted by Gasteiger charge is -2.14. The molecule has 1 amide bonds. The number of halogens is 1. The van der Waals surface area contributed by atoms with Gasteiger partial charge in [0, 0.05) is 0 Å². The van der Waals surface area contributed by atoms with E-state index in [2.05, 4.69) is 10.3 Å². The van der Waals surface area contributed by atoms with Crippen molar-refractivity contribution in [1.82, 2.24) is 5.32 Å². The Kier molecular flexibility index (Phi) is 7.45. The van der Waals surface area contributed by atoms with Gasteiger partial charge in [0.05, 0.1) is 28.8 Å². The Morgan fingerprint density at radius 1 is 1.17 bits per heavy atom. The zero-order valence-corrected chi connectivity index (χ0v) is 19.1. The van der Waals surface area contributed by atoms with Crippen LogP contribution in [0.4, 0.5) is 5.69 Å². The maximum atomic E-state index is 12.5. The zero-order valence-electron chi connectivity index (χ0n) is 17.5. The Labute approximate surface area is 186 Å². The van der Waals surface area contributed by atoms with Crippen molar-refractivity contribution in [3.63, 3.8) is 0 Å². The van der Waals surface area contributed by atoms with Gasteiger partial charge in [-0.15, -0.1) is 0 Å². The van der Waals surface area contributed by atoms with Gasteiger partial charge in [-0.05, 0) is 73.9 Å². The number of amidine groups is 1. The molecule has 0 bridgehead atoms. The van der Waals surface area contributed by atoms with Crippen LogP contribution in [0.2, 0.25) is 5.02 Å². The third-order valence-corrected chi connectivity index (χ3v) is 5.57. The first kappa shape index (κ1) is 22.2. The first-order valence-corrected chi connectivity index (χ1v) is 11.1. The average molecular weight is 445 g/mol. The SMILES string of the molecule is CCCOc1c(Cl)cc(/C=C2\SC(=Nc3c(C)cccc3C)NC2=O)cc1OCC. The summed E-state index contributed by atoms with van der Waals surface area (Å²) < 4.78 is 11.4. The molecule has 0 spiro atoms. The summed E-state index contributed by atoms with van der Waals surface area (Å²) in [7, 11) is 0. The largest absolute Gasteiger partial charge is 0.490 e. The summed E-state index contributed by atoms with van der Waals surface area (Å²) >= 11 is 7.74. The van der Waals surface area contributed by atoms with Crippen LogP contribution >= 0.6 is 23.4 Å². The fourth-order valence-electron chi connectivity index (χ4n) is 2.99. The molecule has 1 saturated heterocycles. The number of benzene rings is 2. The van der Waals surface area contributed by atoms with Crippen LogP contribution in [-0.2, 0) is 4.79 Å². The second-order valence-corrected chi connectivity index (χ2v) is 8.27. The van der Waals surface area contributed by atoms with Gasteiger partial charge in [-0.1, -0.05) is 36.7 Å². The van der Waals surface area contributed by atoms with Gasteiger partial charge < -0.3 is 14.8 Å². The molecule has 0 unspecified atom stereocenters. The van der Waals surface area contributed by atoms with Crippen LogP contribution in [0.3, 0.4) is 0 Å². The molecule has 30 heavy (non-hydrogen) atoms. The highest BCUT2D eigenvalue weighted by Crippen LogP contribution is 2.38. The number of para-hydroxylation sites is 1. The second kappa shape index (κ2) is 10.0. The molecule has 1 aliphatic rings. The summed E-state index contributed by atoms with van der Waals surface area (Å²) in [5.41, 5.74) is 3.76. The molecule has 0 saturated carbocycles. The molecular weight excluding hydrogens is 420 g/mol. The predicted octanol–water partition coefficient (Wildman–Crippen LogP) is 6.04. The van der Waals surface area contributed by atoms with Gasteiger partial charge >= 0.3 is 0 Å². The molecule has 2 aromatic carbocycles. The van der Waals surface area contributed by atoms with Gasteiger partial charge in [0.15, 0.2) is 16.7 Å². The number of hydrogen-bond donors (Lipinski definition) is 1. The number of carbonyl (C=O) groups excluding carboxylic acids is 1. The van der Waals surface area contributed by atoms with Crippen molar-refractivity contribution in [3.8, 4) is 11.5 Å². The maximum Gasteiger partial charge on any atom is 0.264 e. The fraction of sp³-hybridized carbons (Fsp3) is 0.304. The van der Waals surface area contributed by atoms with Crippen molar-refractivity contribution in [2.24, 2.45) is 4.99 Å². The second-order valence-electron chi connectivity index (χ2n) is 6.83. The number of rotatable bonds is 7. The Hall–Kier alpha value is -2.44. The van der Waals surface area contributed by atoms with Crippen molar-refractivity contribution in [3.05, 3.63) is 56.9 Å². The molecule has 0 aliphatic carbocycles. The van der Waals surface area contributed by atoms with Crippen LogP contribution in [0, 0.1) is 13.8 Å². The van der Waals surface area contributed by atoms with Crippen molar-refractivity contribution in [2.75, 3.05) is 13.2 Å². The monoisotopic (exact) mass is 444 g/mol. The van der Waals surface area contributed by atoms with Crippen molar-refractivity contribution >= 4 is 46.2 Å². The first-order valence-electron chi connectivity index (χ1n) is 9.87. The van der Waals surface area contributed by atoms with Crippen LogP contribution in [0.1, 0.15) is 37.0 Å². The summed E-state index contributed by atoms with van der Waals surface area (Å²) in [5.74, 6) is 0.909. The van der Waals surface area contributed by atoms with Gasteiger partial charge in [-0.25, -0.2) is 4.99 Å². The number of nitrogens with zero attached hydrogens (tertiary/aromatic N) is 1. The van der Waals surface area contributed by atoms with E-state index in [1.54, 1.807) is 12.1 Å². The summed E-state index contributed by atoms with van der Waals surface area (Å²) in [5, 5.41) is 3.85. The van der Waals surface area contributed by atoms with Gasteiger partial charge in [-0.2, -0.15) is 0 Å².